The molecule has 0 saturated carbocycles. The Morgan fingerprint density at radius 3 is 2.20 bits per heavy atom. The number of methoxy groups -OCH3 is 1. The first-order chi connectivity index (χ1) is 4.63. The molecule has 0 aromatic rings. The fraction of sp³-hybridized carbons (Fsp3) is 0.833. The van der Waals surface area contributed by atoms with Crippen LogP contribution in [-0.4, -0.2) is 19.1 Å². The summed E-state index contributed by atoms with van der Waals surface area (Å²) in [5.41, 5.74) is 0. The van der Waals surface area contributed by atoms with E-state index < -0.39 is 0 Å². The molecule has 60 valence electrons. The van der Waals surface area contributed by atoms with Crippen molar-refractivity contribution in [1.82, 2.24) is 4.72 Å². The van der Waals surface area contributed by atoms with Crippen LogP contribution < -0.4 is 4.72 Å². The summed E-state index contributed by atoms with van der Waals surface area (Å²) < 4.78 is 7.09. The number of rotatable bonds is 3. The van der Waals surface area contributed by atoms with Crippen LogP contribution in [-0.2, 0) is 9.53 Å². The van der Waals surface area contributed by atoms with Gasteiger partial charge in [0.1, 0.15) is 6.04 Å². The smallest absolute Gasteiger partial charge is 0.323 e. The second kappa shape index (κ2) is 4.57. The number of thiol groups is 1. The van der Waals surface area contributed by atoms with E-state index in [1.165, 1.54) is 7.11 Å². The summed E-state index contributed by atoms with van der Waals surface area (Å²) in [6.07, 6.45) is 0. The largest absolute Gasteiger partial charge is 0.468 e. The van der Waals surface area contributed by atoms with Gasteiger partial charge in [0, 0.05) is 0 Å². The Labute approximate surface area is 66.7 Å². The van der Waals surface area contributed by atoms with Gasteiger partial charge in [-0.05, 0) is 5.92 Å². The van der Waals surface area contributed by atoms with E-state index in [1.807, 2.05) is 13.8 Å². The van der Waals surface area contributed by atoms with Crippen molar-refractivity contribution in [2.45, 2.75) is 19.9 Å². The van der Waals surface area contributed by atoms with E-state index in [-0.39, 0.29) is 17.9 Å². The highest BCUT2D eigenvalue weighted by molar-refractivity contribution is 7.78. The van der Waals surface area contributed by atoms with Gasteiger partial charge in [0.25, 0.3) is 0 Å². The van der Waals surface area contributed by atoms with Crippen molar-refractivity contribution in [2.75, 3.05) is 7.11 Å². The van der Waals surface area contributed by atoms with E-state index >= 15 is 0 Å². The predicted molar refractivity (Wildman–Crippen MR) is 42.8 cm³/mol. The lowest BCUT2D eigenvalue weighted by atomic mass is 10.1. The van der Waals surface area contributed by atoms with Gasteiger partial charge in [-0.25, -0.2) is 0 Å². The molecule has 0 amide bonds. The second-order valence-electron chi connectivity index (χ2n) is 2.37. The monoisotopic (exact) mass is 163 g/mol. The maximum Gasteiger partial charge on any atom is 0.323 e. The molecule has 4 heteroatoms. The third-order valence-corrected chi connectivity index (χ3v) is 1.54. The van der Waals surface area contributed by atoms with Gasteiger partial charge in [-0.15, -0.1) is 0 Å². The third kappa shape index (κ3) is 2.58. The van der Waals surface area contributed by atoms with Gasteiger partial charge in [0.2, 0.25) is 0 Å². The first kappa shape index (κ1) is 9.78. The number of nitrogens with one attached hydrogen (secondary N) is 1. The summed E-state index contributed by atoms with van der Waals surface area (Å²) in [5, 5.41) is 0. The fourth-order valence-electron chi connectivity index (χ4n) is 0.601. The van der Waals surface area contributed by atoms with Gasteiger partial charge >= 0.3 is 5.97 Å². The number of esters is 1. The molecule has 0 aliphatic carbocycles. The van der Waals surface area contributed by atoms with Gasteiger partial charge in [-0.3, -0.25) is 9.52 Å². The van der Waals surface area contributed by atoms with Crippen LogP contribution in [0.15, 0.2) is 0 Å². The second-order valence-corrected chi connectivity index (χ2v) is 2.63. The minimum Gasteiger partial charge on any atom is -0.468 e. The zero-order chi connectivity index (χ0) is 8.15. The molecule has 0 radical (unpaired) electrons. The normalized spacial score (nSPS) is 13.3. The van der Waals surface area contributed by atoms with Gasteiger partial charge in [0.05, 0.1) is 7.11 Å². The highest BCUT2D eigenvalue weighted by Gasteiger charge is 2.20. The molecule has 1 unspecified atom stereocenters. The minimum absolute atomic E-state index is 0.199. The van der Waals surface area contributed by atoms with Crippen molar-refractivity contribution < 1.29 is 9.53 Å². The Hall–Kier alpha value is -0.220. The highest BCUT2D eigenvalue weighted by atomic mass is 32.1. The maximum atomic E-state index is 10.9. The van der Waals surface area contributed by atoms with Crippen LogP contribution in [0.3, 0.4) is 0 Å². The number of hydrogen-bond donors (Lipinski definition) is 2. The van der Waals surface area contributed by atoms with Crippen molar-refractivity contribution in [2.24, 2.45) is 5.92 Å². The quantitative estimate of drug-likeness (QED) is 0.473. The standard InChI is InChI=1S/C6H13NO2S/c1-4(2)5(7-10)6(8)9-3/h4-5,7,10H,1-3H3. The van der Waals surface area contributed by atoms with Gasteiger partial charge in [-0.1, -0.05) is 26.7 Å². The summed E-state index contributed by atoms with van der Waals surface area (Å²) in [4.78, 5) is 10.9. The van der Waals surface area contributed by atoms with Crippen molar-refractivity contribution >= 4 is 18.8 Å². The topological polar surface area (TPSA) is 38.3 Å². The Bertz CT molecular complexity index is 116. The van der Waals surface area contributed by atoms with Crippen LogP contribution in [0.5, 0.6) is 0 Å². The lowest BCUT2D eigenvalue weighted by Crippen LogP contribution is -2.36. The van der Waals surface area contributed by atoms with Crippen LogP contribution in [0.25, 0.3) is 0 Å². The van der Waals surface area contributed by atoms with E-state index in [4.69, 9.17) is 0 Å². The van der Waals surface area contributed by atoms with Crippen LogP contribution in [0.1, 0.15) is 13.8 Å². The van der Waals surface area contributed by atoms with Gasteiger partial charge < -0.3 is 4.74 Å². The van der Waals surface area contributed by atoms with Crippen molar-refractivity contribution in [3.8, 4) is 0 Å². The first-order valence-electron chi connectivity index (χ1n) is 3.11. The molecular weight excluding hydrogens is 150 g/mol. The summed E-state index contributed by atoms with van der Waals surface area (Å²) in [6.45, 7) is 3.84. The van der Waals surface area contributed by atoms with Crippen molar-refractivity contribution in [1.29, 1.82) is 0 Å². The third-order valence-electron chi connectivity index (χ3n) is 1.26. The fourth-order valence-corrected chi connectivity index (χ4v) is 1.00. The zero-order valence-electron chi connectivity index (χ0n) is 6.42. The number of carbonyl (C=O) groups excluding carboxylic acids is 1. The molecule has 0 heterocycles. The summed E-state index contributed by atoms with van der Waals surface area (Å²) in [6, 6.07) is -0.312. The molecule has 0 aliphatic heterocycles. The highest BCUT2D eigenvalue weighted by Crippen LogP contribution is 2.03. The van der Waals surface area contributed by atoms with Crippen LogP contribution in [0, 0.1) is 5.92 Å². The lowest BCUT2D eigenvalue weighted by Gasteiger charge is -2.15. The molecule has 0 aliphatic rings. The summed E-state index contributed by atoms with van der Waals surface area (Å²) in [5.74, 6) is -0.0741. The molecular formula is C6H13NO2S. The minimum atomic E-state index is -0.312. The van der Waals surface area contributed by atoms with E-state index in [1.54, 1.807) is 0 Å². The number of hydrogen-bond acceptors (Lipinski definition) is 4. The molecule has 1 atom stereocenters. The number of ether oxygens (including phenoxy) is 1. The van der Waals surface area contributed by atoms with Crippen LogP contribution >= 0.6 is 12.8 Å². The van der Waals surface area contributed by atoms with Gasteiger partial charge in [0.15, 0.2) is 0 Å². The van der Waals surface area contributed by atoms with Gasteiger partial charge in [-0.2, -0.15) is 0 Å². The number of carbonyl (C=O) groups is 1. The Morgan fingerprint density at radius 1 is 1.60 bits per heavy atom. The summed E-state index contributed by atoms with van der Waals surface area (Å²) in [7, 11) is 1.36. The molecule has 1 N–H and O–H groups in total. The van der Waals surface area contributed by atoms with E-state index in [9.17, 15) is 4.79 Å². The van der Waals surface area contributed by atoms with E-state index in [0.717, 1.165) is 0 Å². The van der Waals surface area contributed by atoms with Crippen LogP contribution in [0.2, 0.25) is 0 Å². The Kier molecular flexibility index (Phi) is 4.47. The molecule has 0 rings (SSSR count). The molecule has 3 nitrogen and oxygen atoms in total. The average molecular weight is 163 g/mol. The molecule has 10 heavy (non-hydrogen) atoms. The average Bonchev–Trinajstić information content (AvgIpc) is 1.88. The lowest BCUT2D eigenvalue weighted by molar-refractivity contribution is -0.143. The Morgan fingerprint density at radius 2 is 2.10 bits per heavy atom. The molecule has 0 fully saturated rings. The van der Waals surface area contributed by atoms with E-state index in [2.05, 4.69) is 22.3 Å². The van der Waals surface area contributed by atoms with E-state index in [0.29, 0.717) is 0 Å². The molecule has 0 aromatic carbocycles. The maximum absolute atomic E-state index is 10.9. The Balaban J connectivity index is 3.93. The zero-order valence-corrected chi connectivity index (χ0v) is 7.31. The molecule has 0 bridgehead atoms. The van der Waals surface area contributed by atoms with Crippen LogP contribution in [0.4, 0.5) is 0 Å². The predicted octanol–water partition coefficient (Wildman–Crippen LogP) is 0.618. The van der Waals surface area contributed by atoms with Crippen molar-refractivity contribution in [3.05, 3.63) is 0 Å². The molecule has 0 spiro atoms. The first-order valence-corrected chi connectivity index (χ1v) is 3.55. The summed E-state index contributed by atoms with van der Waals surface area (Å²) >= 11 is 3.80. The SMILES string of the molecule is COC(=O)C(NS)C(C)C. The molecule has 0 saturated heterocycles. The van der Waals surface area contributed by atoms with Crippen molar-refractivity contribution in [3.63, 3.8) is 0 Å². The molecule has 0 aromatic heterocycles.